The zero-order chi connectivity index (χ0) is 14.8. The minimum atomic E-state index is -4.35. The van der Waals surface area contributed by atoms with E-state index in [9.17, 15) is 13.2 Å². The van der Waals surface area contributed by atoms with Gasteiger partial charge in [0, 0.05) is 12.6 Å². The molecule has 0 amide bonds. The monoisotopic (exact) mass is 287 g/mol. The molecule has 1 aliphatic carbocycles. The highest BCUT2D eigenvalue weighted by Gasteiger charge is 2.36. The second-order valence-electron chi connectivity index (χ2n) is 5.34. The van der Waals surface area contributed by atoms with E-state index >= 15 is 0 Å². The van der Waals surface area contributed by atoms with Gasteiger partial charge in [-0.1, -0.05) is 18.2 Å². The molecule has 1 atom stereocenters. The first-order valence-electron chi connectivity index (χ1n) is 6.95. The molecule has 5 heteroatoms. The van der Waals surface area contributed by atoms with E-state index in [1.165, 1.54) is 12.1 Å². The van der Waals surface area contributed by atoms with Crippen LogP contribution >= 0.6 is 0 Å². The number of hydrogen-bond acceptors (Lipinski definition) is 2. The lowest BCUT2D eigenvalue weighted by molar-refractivity contribution is -0.138. The predicted octanol–water partition coefficient (Wildman–Crippen LogP) is 3.91. The van der Waals surface area contributed by atoms with Gasteiger partial charge < -0.3 is 10.5 Å². The van der Waals surface area contributed by atoms with Gasteiger partial charge in [-0.3, -0.25) is 0 Å². The van der Waals surface area contributed by atoms with Crippen molar-refractivity contribution in [3.63, 3.8) is 0 Å². The summed E-state index contributed by atoms with van der Waals surface area (Å²) in [6.45, 7) is 2.62. The van der Waals surface area contributed by atoms with Crippen LogP contribution in [0.15, 0.2) is 24.3 Å². The topological polar surface area (TPSA) is 35.2 Å². The normalized spacial score (nSPS) is 24.2. The smallest absolute Gasteiger partial charge is 0.378 e. The third-order valence-electron chi connectivity index (χ3n) is 3.85. The molecule has 0 spiro atoms. The van der Waals surface area contributed by atoms with Gasteiger partial charge in [0.25, 0.3) is 0 Å². The number of rotatable bonds is 5. The summed E-state index contributed by atoms with van der Waals surface area (Å²) in [4.78, 5) is 0. The molecule has 20 heavy (non-hydrogen) atoms. The number of benzene rings is 1. The van der Waals surface area contributed by atoms with Gasteiger partial charge in [0.1, 0.15) is 0 Å². The van der Waals surface area contributed by atoms with Crippen LogP contribution in [-0.4, -0.2) is 12.7 Å². The Labute approximate surface area is 117 Å². The van der Waals surface area contributed by atoms with Crippen LogP contribution in [-0.2, 0) is 10.9 Å². The van der Waals surface area contributed by atoms with Gasteiger partial charge in [-0.05, 0) is 43.7 Å². The first-order valence-corrected chi connectivity index (χ1v) is 6.95. The summed E-state index contributed by atoms with van der Waals surface area (Å²) in [5.74, 6) is 0.364. The van der Waals surface area contributed by atoms with Crippen molar-refractivity contribution < 1.29 is 17.9 Å². The minimum absolute atomic E-state index is 0.194. The van der Waals surface area contributed by atoms with Crippen LogP contribution in [0.25, 0.3) is 0 Å². The summed E-state index contributed by atoms with van der Waals surface area (Å²) in [6.07, 6.45) is -1.71. The average molecular weight is 287 g/mol. The fourth-order valence-electron chi connectivity index (χ4n) is 2.80. The van der Waals surface area contributed by atoms with Crippen molar-refractivity contribution in [1.82, 2.24) is 0 Å². The summed E-state index contributed by atoms with van der Waals surface area (Å²) in [6, 6.07) is 5.01. The van der Waals surface area contributed by atoms with Crippen LogP contribution in [0.3, 0.4) is 0 Å². The minimum Gasteiger partial charge on any atom is -0.378 e. The van der Waals surface area contributed by atoms with Crippen LogP contribution in [0, 0.1) is 5.92 Å². The molecule has 2 N–H and O–H groups in total. The van der Waals surface area contributed by atoms with Crippen LogP contribution in [0.1, 0.15) is 43.4 Å². The van der Waals surface area contributed by atoms with E-state index in [2.05, 4.69) is 0 Å². The van der Waals surface area contributed by atoms with E-state index < -0.39 is 17.8 Å². The largest absolute Gasteiger partial charge is 0.416 e. The Morgan fingerprint density at radius 2 is 1.95 bits per heavy atom. The van der Waals surface area contributed by atoms with E-state index in [1.807, 2.05) is 6.92 Å². The molecule has 2 nitrogen and oxygen atoms in total. The molecule has 1 unspecified atom stereocenters. The molecule has 1 aliphatic rings. The van der Waals surface area contributed by atoms with Crippen molar-refractivity contribution in [2.75, 3.05) is 6.61 Å². The zero-order valence-electron chi connectivity index (χ0n) is 11.5. The SMILES string of the molecule is CCOC1CC(CC(N)c2ccccc2C(F)(F)F)C1. The van der Waals surface area contributed by atoms with Crippen molar-refractivity contribution >= 4 is 0 Å². The van der Waals surface area contributed by atoms with Crippen LogP contribution < -0.4 is 5.73 Å². The molecule has 0 heterocycles. The standard InChI is InChI=1S/C15H20F3NO/c1-2-20-11-7-10(8-11)9-14(19)12-5-3-4-6-13(12)15(16,17)18/h3-6,10-11,14H,2,7-9,19H2,1H3. The van der Waals surface area contributed by atoms with Gasteiger partial charge in [0.15, 0.2) is 0 Å². The second-order valence-corrected chi connectivity index (χ2v) is 5.34. The summed E-state index contributed by atoms with van der Waals surface area (Å²) in [5.41, 5.74) is 5.56. The fraction of sp³-hybridized carbons (Fsp3) is 0.600. The van der Waals surface area contributed by atoms with Gasteiger partial charge in [-0.15, -0.1) is 0 Å². The van der Waals surface area contributed by atoms with E-state index in [4.69, 9.17) is 10.5 Å². The quantitative estimate of drug-likeness (QED) is 0.891. The first-order chi connectivity index (χ1) is 9.41. The lowest BCUT2D eigenvalue weighted by Gasteiger charge is -2.36. The predicted molar refractivity (Wildman–Crippen MR) is 71.1 cm³/mol. The first kappa shape index (κ1) is 15.3. The van der Waals surface area contributed by atoms with Gasteiger partial charge in [-0.2, -0.15) is 13.2 Å². The maximum absolute atomic E-state index is 12.9. The third-order valence-corrected chi connectivity index (χ3v) is 3.85. The number of halogens is 3. The van der Waals surface area contributed by atoms with Crippen LogP contribution in [0.5, 0.6) is 0 Å². The Hall–Kier alpha value is -1.07. The summed E-state index contributed by atoms with van der Waals surface area (Å²) in [7, 11) is 0. The lowest BCUT2D eigenvalue weighted by atomic mass is 9.77. The molecular formula is C15H20F3NO. The molecule has 0 aromatic heterocycles. The third kappa shape index (κ3) is 3.52. The molecule has 0 aliphatic heterocycles. The zero-order valence-corrected chi connectivity index (χ0v) is 11.5. The van der Waals surface area contributed by atoms with E-state index in [-0.39, 0.29) is 11.7 Å². The highest BCUT2D eigenvalue weighted by molar-refractivity contribution is 5.32. The van der Waals surface area contributed by atoms with Crippen molar-refractivity contribution in [3.05, 3.63) is 35.4 Å². The Morgan fingerprint density at radius 1 is 1.30 bits per heavy atom. The molecule has 2 rings (SSSR count). The van der Waals surface area contributed by atoms with Crippen molar-refractivity contribution in [3.8, 4) is 0 Å². The Balaban J connectivity index is 1.98. The molecule has 0 radical (unpaired) electrons. The molecule has 112 valence electrons. The van der Waals surface area contributed by atoms with E-state index in [0.717, 1.165) is 18.9 Å². The molecule has 1 fully saturated rings. The lowest BCUT2D eigenvalue weighted by Crippen LogP contribution is -2.33. The van der Waals surface area contributed by atoms with Crippen LogP contribution in [0.2, 0.25) is 0 Å². The van der Waals surface area contributed by atoms with E-state index in [0.29, 0.717) is 18.9 Å². The van der Waals surface area contributed by atoms with Crippen molar-refractivity contribution in [2.24, 2.45) is 11.7 Å². The molecule has 1 saturated carbocycles. The average Bonchev–Trinajstić information content (AvgIpc) is 2.35. The fourth-order valence-corrected chi connectivity index (χ4v) is 2.80. The van der Waals surface area contributed by atoms with Gasteiger partial charge in [0.2, 0.25) is 0 Å². The maximum atomic E-state index is 12.9. The second kappa shape index (κ2) is 6.14. The van der Waals surface area contributed by atoms with Crippen molar-refractivity contribution in [1.29, 1.82) is 0 Å². The molecule has 1 aromatic rings. The van der Waals surface area contributed by atoms with Gasteiger partial charge >= 0.3 is 6.18 Å². The highest BCUT2D eigenvalue weighted by Crippen LogP contribution is 2.39. The number of ether oxygens (including phenoxy) is 1. The molecule has 0 saturated heterocycles. The summed E-state index contributed by atoms with van der Waals surface area (Å²) in [5, 5.41) is 0. The number of hydrogen-bond donors (Lipinski definition) is 1. The summed E-state index contributed by atoms with van der Waals surface area (Å²) < 4.78 is 44.2. The van der Waals surface area contributed by atoms with E-state index in [1.54, 1.807) is 6.07 Å². The molecular weight excluding hydrogens is 267 g/mol. The Kier molecular flexibility index (Phi) is 4.70. The number of nitrogens with two attached hydrogens (primary N) is 1. The van der Waals surface area contributed by atoms with Gasteiger partial charge in [-0.25, -0.2) is 0 Å². The molecule has 1 aromatic carbocycles. The summed E-state index contributed by atoms with van der Waals surface area (Å²) >= 11 is 0. The maximum Gasteiger partial charge on any atom is 0.416 e. The van der Waals surface area contributed by atoms with Crippen molar-refractivity contribution in [2.45, 2.75) is 44.5 Å². The Morgan fingerprint density at radius 3 is 2.55 bits per heavy atom. The highest BCUT2D eigenvalue weighted by atomic mass is 19.4. The molecule has 0 bridgehead atoms. The Bertz CT molecular complexity index is 441. The number of alkyl halides is 3. The van der Waals surface area contributed by atoms with Crippen LogP contribution in [0.4, 0.5) is 13.2 Å². The van der Waals surface area contributed by atoms with Gasteiger partial charge in [0.05, 0.1) is 11.7 Å².